The number of carbonyl (C=O) groups excluding carboxylic acids is 3. The van der Waals surface area contributed by atoms with Crippen LogP contribution in [0.1, 0.15) is 310 Å². The van der Waals surface area contributed by atoms with Crippen LogP contribution in [0.2, 0.25) is 0 Å². The molecule has 6 nitrogen and oxygen atoms in total. The van der Waals surface area contributed by atoms with Crippen LogP contribution >= 0.6 is 0 Å². The lowest BCUT2D eigenvalue weighted by molar-refractivity contribution is -0.167. The summed E-state index contributed by atoms with van der Waals surface area (Å²) in [7, 11) is 0. The van der Waals surface area contributed by atoms with Gasteiger partial charge >= 0.3 is 17.9 Å². The second kappa shape index (κ2) is 62.1. The third-order valence-corrected chi connectivity index (χ3v) is 13.6. The Labute approximate surface area is 458 Å². The molecule has 0 aliphatic carbocycles. The van der Waals surface area contributed by atoms with Gasteiger partial charge in [-0.3, -0.25) is 14.4 Å². The third kappa shape index (κ3) is 59.5. The van der Waals surface area contributed by atoms with Crippen molar-refractivity contribution in [3.8, 4) is 0 Å². The van der Waals surface area contributed by atoms with Crippen molar-refractivity contribution in [2.75, 3.05) is 13.2 Å². The molecule has 0 rings (SSSR count). The van der Waals surface area contributed by atoms with E-state index in [1.807, 2.05) is 0 Å². The zero-order chi connectivity index (χ0) is 53.6. The van der Waals surface area contributed by atoms with Crippen LogP contribution < -0.4 is 0 Å². The minimum Gasteiger partial charge on any atom is -0.462 e. The first kappa shape index (κ1) is 70.6. The van der Waals surface area contributed by atoms with Crippen molar-refractivity contribution in [2.45, 2.75) is 316 Å². The fourth-order valence-corrected chi connectivity index (χ4v) is 8.87. The van der Waals surface area contributed by atoms with Crippen LogP contribution in [0.15, 0.2) is 85.1 Å². The van der Waals surface area contributed by atoms with Gasteiger partial charge in [-0.1, -0.05) is 260 Å². The van der Waals surface area contributed by atoms with Gasteiger partial charge in [-0.15, -0.1) is 0 Å². The first-order chi connectivity index (χ1) is 36.5. The van der Waals surface area contributed by atoms with E-state index in [-0.39, 0.29) is 31.1 Å². The number of hydrogen-bond donors (Lipinski definition) is 0. The normalized spacial score (nSPS) is 12.6. The maximum absolute atomic E-state index is 12.9. The standard InChI is InChI=1S/C68H118O6/c1-4-7-10-13-16-19-22-25-28-29-30-31-32-33-34-35-36-37-38-39-41-43-46-49-52-55-58-61-67(70)73-64-65(63-72-66(69)60-57-54-51-48-45-42-27-24-21-18-15-12-9-6-3)74-68(71)62-59-56-53-50-47-44-40-26-23-20-17-14-11-8-5-2/h7,10,16-17,19-20,24-28,30-31,40,65H,4-6,8-9,11-15,18,21-23,29,32-39,41-64H2,1-3H3/b10-7-,19-16-,20-17-,27-24-,28-25-,31-30-,40-26-. The summed E-state index contributed by atoms with van der Waals surface area (Å²) in [6, 6.07) is 0. The molecule has 6 heteroatoms. The molecule has 0 aliphatic rings. The summed E-state index contributed by atoms with van der Waals surface area (Å²) in [5, 5.41) is 0. The number of rotatable bonds is 57. The average molecular weight is 1030 g/mol. The molecule has 0 aromatic carbocycles. The van der Waals surface area contributed by atoms with Crippen LogP contribution in [0.3, 0.4) is 0 Å². The first-order valence-electron chi connectivity index (χ1n) is 31.6. The second-order valence-electron chi connectivity index (χ2n) is 20.9. The summed E-state index contributed by atoms with van der Waals surface area (Å²) in [6.45, 7) is 6.50. The molecule has 0 heterocycles. The van der Waals surface area contributed by atoms with Crippen molar-refractivity contribution in [1.82, 2.24) is 0 Å². The van der Waals surface area contributed by atoms with Gasteiger partial charge in [0.2, 0.25) is 0 Å². The molecular weight excluding hydrogens is 913 g/mol. The fourth-order valence-electron chi connectivity index (χ4n) is 8.87. The van der Waals surface area contributed by atoms with Gasteiger partial charge in [0.15, 0.2) is 6.10 Å². The summed E-state index contributed by atoms with van der Waals surface area (Å²) in [4.78, 5) is 38.2. The molecule has 0 spiro atoms. The van der Waals surface area contributed by atoms with Gasteiger partial charge in [0.25, 0.3) is 0 Å². The summed E-state index contributed by atoms with van der Waals surface area (Å²) in [6.07, 6.45) is 81.6. The molecule has 1 atom stereocenters. The average Bonchev–Trinajstić information content (AvgIpc) is 3.40. The minimum absolute atomic E-state index is 0.0833. The summed E-state index contributed by atoms with van der Waals surface area (Å²) in [5.41, 5.74) is 0. The Balaban J connectivity index is 4.27. The zero-order valence-corrected chi connectivity index (χ0v) is 48.8. The Morgan fingerprint density at radius 2 is 0.527 bits per heavy atom. The maximum atomic E-state index is 12.9. The molecule has 0 aromatic rings. The van der Waals surface area contributed by atoms with Crippen molar-refractivity contribution in [3.05, 3.63) is 85.1 Å². The third-order valence-electron chi connectivity index (χ3n) is 13.6. The van der Waals surface area contributed by atoms with Gasteiger partial charge in [0, 0.05) is 19.3 Å². The smallest absolute Gasteiger partial charge is 0.306 e. The highest BCUT2D eigenvalue weighted by Gasteiger charge is 2.19. The Kier molecular flexibility index (Phi) is 59.3. The van der Waals surface area contributed by atoms with Gasteiger partial charge in [-0.2, -0.15) is 0 Å². The van der Waals surface area contributed by atoms with E-state index < -0.39 is 6.10 Å². The molecule has 0 amide bonds. The lowest BCUT2D eigenvalue weighted by Crippen LogP contribution is -2.30. The van der Waals surface area contributed by atoms with Crippen molar-refractivity contribution < 1.29 is 28.6 Å². The van der Waals surface area contributed by atoms with Crippen molar-refractivity contribution >= 4 is 17.9 Å². The molecule has 0 saturated heterocycles. The van der Waals surface area contributed by atoms with E-state index in [4.69, 9.17) is 14.2 Å². The van der Waals surface area contributed by atoms with Crippen LogP contribution in [-0.2, 0) is 28.6 Å². The van der Waals surface area contributed by atoms with E-state index in [0.717, 1.165) is 116 Å². The molecule has 0 bridgehead atoms. The van der Waals surface area contributed by atoms with Gasteiger partial charge in [0.1, 0.15) is 13.2 Å². The lowest BCUT2D eigenvalue weighted by atomic mass is 10.0. The molecule has 0 fully saturated rings. The number of ether oxygens (including phenoxy) is 3. The van der Waals surface area contributed by atoms with Crippen LogP contribution in [0, 0.1) is 0 Å². The van der Waals surface area contributed by atoms with E-state index in [9.17, 15) is 14.4 Å². The number of hydrogen-bond acceptors (Lipinski definition) is 6. The SMILES string of the molecule is CC/C=C\C/C=C\C/C=C\C/C=C\CCCCCCCCCCCCCCCCC(=O)OCC(COC(=O)CCCCCCC/C=C\CCCCCCC)OC(=O)CCCCCCC/C=C\C/C=C\CCCCC. The predicted octanol–water partition coefficient (Wildman–Crippen LogP) is 21.5. The van der Waals surface area contributed by atoms with Gasteiger partial charge in [-0.25, -0.2) is 0 Å². The molecule has 0 radical (unpaired) electrons. The van der Waals surface area contributed by atoms with Gasteiger partial charge in [-0.05, 0) is 116 Å². The van der Waals surface area contributed by atoms with Crippen LogP contribution in [-0.4, -0.2) is 37.2 Å². The highest BCUT2D eigenvalue weighted by Crippen LogP contribution is 2.16. The summed E-state index contributed by atoms with van der Waals surface area (Å²) >= 11 is 0. The summed E-state index contributed by atoms with van der Waals surface area (Å²) < 4.78 is 16.9. The Hall–Kier alpha value is -3.41. The molecule has 0 saturated carbocycles. The first-order valence-corrected chi connectivity index (χ1v) is 31.6. The van der Waals surface area contributed by atoms with E-state index in [1.54, 1.807) is 0 Å². The van der Waals surface area contributed by atoms with Gasteiger partial charge in [0.05, 0.1) is 0 Å². The molecule has 1 unspecified atom stereocenters. The quantitative estimate of drug-likeness (QED) is 0.0261. The van der Waals surface area contributed by atoms with E-state index in [0.29, 0.717) is 19.3 Å². The van der Waals surface area contributed by atoms with Crippen LogP contribution in [0.5, 0.6) is 0 Å². The van der Waals surface area contributed by atoms with E-state index >= 15 is 0 Å². The molecule has 0 N–H and O–H groups in total. The molecular formula is C68H118O6. The van der Waals surface area contributed by atoms with E-state index in [2.05, 4.69) is 106 Å². The number of unbranched alkanes of at least 4 members (excludes halogenated alkanes) is 32. The summed E-state index contributed by atoms with van der Waals surface area (Å²) in [5.74, 6) is -0.896. The Bertz CT molecular complexity index is 1420. The minimum atomic E-state index is -0.787. The topological polar surface area (TPSA) is 78.9 Å². The highest BCUT2D eigenvalue weighted by molar-refractivity contribution is 5.71. The van der Waals surface area contributed by atoms with Crippen LogP contribution in [0.4, 0.5) is 0 Å². The second-order valence-corrected chi connectivity index (χ2v) is 20.9. The Morgan fingerprint density at radius 1 is 0.284 bits per heavy atom. The number of carbonyl (C=O) groups is 3. The molecule has 426 valence electrons. The Morgan fingerprint density at radius 3 is 0.865 bits per heavy atom. The number of esters is 3. The lowest BCUT2D eigenvalue weighted by Gasteiger charge is -2.18. The molecule has 0 aromatic heterocycles. The molecule has 0 aliphatic heterocycles. The van der Waals surface area contributed by atoms with E-state index in [1.165, 1.54) is 154 Å². The predicted molar refractivity (Wildman–Crippen MR) is 321 cm³/mol. The largest absolute Gasteiger partial charge is 0.462 e. The maximum Gasteiger partial charge on any atom is 0.306 e. The zero-order valence-electron chi connectivity index (χ0n) is 48.8. The van der Waals surface area contributed by atoms with Crippen molar-refractivity contribution in [3.63, 3.8) is 0 Å². The number of allylic oxidation sites excluding steroid dienone is 14. The fraction of sp³-hybridized carbons (Fsp3) is 0.750. The van der Waals surface area contributed by atoms with Gasteiger partial charge < -0.3 is 14.2 Å². The van der Waals surface area contributed by atoms with Crippen molar-refractivity contribution in [2.24, 2.45) is 0 Å². The monoisotopic (exact) mass is 1030 g/mol. The van der Waals surface area contributed by atoms with Crippen LogP contribution in [0.25, 0.3) is 0 Å². The van der Waals surface area contributed by atoms with Crippen molar-refractivity contribution in [1.29, 1.82) is 0 Å². The molecule has 74 heavy (non-hydrogen) atoms. The highest BCUT2D eigenvalue weighted by atomic mass is 16.6.